The second kappa shape index (κ2) is 9.52. The van der Waals surface area contributed by atoms with E-state index in [0.29, 0.717) is 17.8 Å². The Balaban J connectivity index is 1.64. The van der Waals surface area contributed by atoms with E-state index in [4.69, 9.17) is 4.74 Å². The number of nitrogens with one attached hydrogen (secondary N) is 1. The quantitative estimate of drug-likeness (QED) is 0.611. The van der Waals surface area contributed by atoms with Gasteiger partial charge in [-0.05, 0) is 29.0 Å². The maximum atomic E-state index is 11.6. The summed E-state index contributed by atoms with van der Waals surface area (Å²) in [6.07, 6.45) is 4.07. The summed E-state index contributed by atoms with van der Waals surface area (Å²) in [5.74, 6) is -0.331. The summed E-state index contributed by atoms with van der Waals surface area (Å²) >= 11 is 1.34. The fourth-order valence-electron chi connectivity index (χ4n) is 1.90. The maximum absolute atomic E-state index is 11.6. The molecule has 0 aliphatic rings. The number of alkyl carbamates (subject to hydrolysis) is 1. The van der Waals surface area contributed by atoms with Gasteiger partial charge in [0.05, 0.1) is 7.11 Å². The predicted octanol–water partition coefficient (Wildman–Crippen LogP) is 3.86. The van der Waals surface area contributed by atoms with Crippen molar-refractivity contribution in [2.24, 2.45) is 0 Å². The van der Waals surface area contributed by atoms with E-state index in [1.54, 1.807) is 6.07 Å². The van der Waals surface area contributed by atoms with Crippen molar-refractivity contribution in [3.8, 4) is 0 Å². The van der Waals surface area contributed by atoms with Gasteiger partial charge in [-0.1, -0.05) is 42.5 Å². The number of ether oxygens (including phenoxy) is 2. The Morgan fingerprint density at radius 1 is 1.25 bits per heavy atom. The first kappa shape index (κ1) is 17.7. The van der Waals surface area contributed by atoms with Crippen molar-refractivity contribution in [1.29, 1.82) is 0 Å². The van der Waals surface area contributed by atoms with Gasteiger partial charge in [0.1, 0.15) is 11.5 Å². The van der Waals surface area contributed by atoms with Crippen molar-refractivity contribution >= 4 is 29.5 Å². The molecule has 0 fully saturated rings. The molecule has 5 nitrogen and oxygen atoms in total. The Kier molecular flexibility index (Phi) is 7.04. The Hall–Kier alpha value is -2.60. The lowest BCUT2D eigenvalue weighted by molar-refractivity contribution is 0.0606. The van der Waals surface area contributed by atoms with Gasteiger partial charge < -0.3 is 14.8 Å². The molecule has 0 atom stereocenters. The maximum Gasteiger partial charge on any atom is 0.407 e. The van der Waals surface area contributed by atoms with Crippen LogP contribution in [0, 0.1) is 0 Å². The van der Waals surface area contributed by atoms with Crippen molar-refractivity contribution < 1.29 is 19.1 Å². The van der Waals surface area contributed by atoms with Gasteiger partial charge in [-0.25, -0.2) is 9.59 Å². The summed E-state index contributed by atoms with van der Waals surface area (Å²) in [6, 6.07) is 11.3. The van der Waals surface area contributed by atoms with Crippen LogP contribution in [0.25, 0.3) is 6.08 Å². The standard InChI is InChI=1S/C18H19NO4S/c1-22-17(20)16-11-15(13-24-16)9-5-6-10-19-18(21)23-12-14-7-3-2-4-8-14/h2-5,7-9,11,13H,6,10,12H2,1H3,(H,19,21). The number of methoxy groups -OCH3 is 1. The van der Waals surface area contributed by atoms with Crippen LogP contribution in [-0.2, 0) is 16.1 Å². The number of benzene rings is 1. The highest BCUT2D eigenvalue weighted by atomic mass is 32.1. The van der Waals surface area contributed by atoms with Gasteiger partial charge in [0.2, 0.25) is 0 Å². The molecule has 0 saturated heterocycles. The van der Waals surface area contributed by atoms with Gasteiger partial charge in [0.15, 0.2) is 0 Å². The minimum Gasteiger partial charge on any atom is -0.465 e. The van der Waals surface area contributed by atoms with Crippen molar-refractivity contribution in [3.05, 3.63) is 63.9 Å². The molecule has 1 aromatic heterocycles. The van der Waals surface area contributed by atoms with Crippen LogP contribution in [0.15, 0.2) is 47.9 Å². The first-order chi connectivity index (χ1) is 11.7. The molecule has 1 heterocycles. The Morgan fingerprint density at radius 3 is 2.79 bits per heavy atom. The fourth-order valence-corrected chi connectivity index (χ4v) is 2.69. The summed E-state index contributed by atoms with van der Waals surface area (Å²) in [4.78, 5) is 23.5. The third-order valence-corrected chi connectivity index (χ3v) is 4.04. The van der Waals surface area contributed by atoms with Crippen LogP contribution in [0.3, 0.4) is 0 Å². The smallest absolute Gasteiger partial charge is 0.407 e. The van der Waals surface area contributed by atoms with Crippen LogP contribution in [0.4, 0.5) is 4.79 Å². The SMILES string of the molecule is COC(=O)c1cc(C=CCCNC(=O)OCc2ccccc2)cs1. The average Bonchev–Trinajstić information content (AvgIpc) is 3.09. The molecule has 2 aromatic rings. The highest BCUT2D eigenvalue weighted by molar-refractivity contribution is 7.12. The molecular weight excluding hydrogens is 326 g/mol. The number of esters is 1. The van der Waals surface area contributed by atoms with E-state index in [0.717, 1.165) is 11.1 Å². The summed E-state index contributed by atoms with van der Waals surface area (Å²) in [5, 5.41) is 4.57. The molecule has 1 amide bonds. The van der Waals surface area contributed by atoms with Crippen LogP contribution >= 0.6 is 11.3 Å². The normalized spacial score (nSPS) is 10.5. The zero-order chi connectivity index (χ0) is 17.2. The highest BCUT2D eigenvalue weighted by Crippen LogP contribution is 2.16. The molecule has 0 spiro atoms. The third kappa shape index (κ3) is 5.89. The van der Waals surface area contributed by atoms with Crippen molar-refractivity contribution in [3.63, 3.8) is 0 Å². The molecule has 0 saturated carbocycles. The van der Waals surface area contributed by atoms with Gasteiger partial charge in [-0.2, -0.15) is 0 Å². The minimum atomic E-state index is -0.434. The van der Waals surface area contributed by atoms with Gasteiger partial charge in [-0.3, -0.25) is 0 Å². The predicted molar refractivity (Wildman–Crippen MR) is 93.9 cm³/mol. The number of hydrogen-bond acceptors (Lipinski definition) is 5. The summed E-state index contributed by atoms with van der Waals surface area (Å²) in [5.41, 5.74) is 1.89. The van der Waals surface area contributed by atoms with E-state index in [-0.39, 0.29) is 12.6 Å². The molecule has 1 aromatic carbocycles. The molecule has 2 rings (SSSR count). The van der Waals surface area contributed by atoms with E-state index in [9.17, 15) is 9.59 Å². The zero-order valence-electron chi connectivity index (χ0n) is 13.4. The van der Waals surface area contributed by atoms with Crippen LogP contribution in [0.5, 0.6) is 0 Å². The van der Waals surface area contributed by atoms with Crippen LogP contribution < -0.4 is 5.32 Å². The first-order valence-corrected chi connectivity index (χ1v) is 8.35. The van der Waals surface area contributed by atoms with Crippen LogP contribution in [0.1, 0.15) is 27.2 Å². The Labute approximate surface area is 144 Å². The Bertz CT molecular complexity index is 694. The summed E-state index contributed by atoms with van der Waals surface area (Å²) < 4.78 is 9.77. The monoisotopic (exact) mass is 345 g/mol. The van der Waals surface area contributed by atoms with Crippen molar-refractivity contribution in [2.45, 2.75) is 13.0 Å². The Morgan fingerprint density at radius 2 is 2.04 bits per heavy atom. The number of rotatable bonds is 7. The molecule has 6 heteroatoms. The van der Waals surface area contributed by atoms with Crippen LogP contribution in [0.2, 0.25) is 0 Å². The molecule has 24 heavy (non-hydrogen) atoms. The number of thiophene rings is 1. The van der Waals surface area contributed by atoms with E-state index in [1.807, 2.05) is 47.9 Å². The van der Waals surface area contributed by atoms with E-state index in [1.165, 1.54) is 18.4 Å². The van der Waals surface area contributed by atoms with E-state index in [2.05, 4.69) is 10.1 Å². The largest absolute Gasteiger partial charge is 0.465 e. The van der Waals surface area contributed by atoms with Crippen molar-refractivity contribution in [2.75, 3.05) is 13.7 Å². The van der Waals surface area contributed by atoms with E-state index >= 15 is 0 Å². The molecule has 0 aliphatic carbocycles. The lowest BCUT2D eigenvalue weighted by atomic mass is 10.2. The minimum absolute atomic E-state index is 0.258. The molecule has 0 unspecified atom stereocenters. The lowest BCUT2D eigenvalue weighted by Crippen LogP contribution is -2.24. The fraction of sp³-hybridized carbons (Fsp3) is 0.222. The molecule has 0 radical (unpaired) electrons. The number of amides is 1. The first-order valence-electron chi connectivity index (χ1n) is 7.47. The average molecular weight is 345 g/mol. The zero-order valence-corrected chi connectivity index (χ0v) is 14.2. The molecule has 0 aliphatic heterocycles. The van der Waals surface area contributed by atoms with Gasteiger partial charge in [0, 0.05) is 6.54 Å². The van der Waals surface area contributed by atoms with Gasteiger partial charge >= 0.3 is 12.1 Å². The van der Waals surface area contributed by atoms with Gasteiger partial charge in [-0.15, -0.1) is 11.3 Å². The van der Waals surface area contributed by atoms with Crippen LogP contribution in [-0.4, -0.2) is 25.7 Å². The highest BCUT2D eigenvalue weighted by Gasteiger charge is 2.07. The molecule has 0 bridgehead atoms. The second-order valence-corrected chi connectivity index (χ2v) is 5.83. The molecular formula is C18H19NO4S. The third-order valence-electron chi connectivity index (χ3n) is 3.11. The van der Waals surface area contributed by atoms with Gasteiger partial charge in [0.25, 0.3) is 0 Å². The summed E-state index contributed by atoms with van der Waals surface area (Å²) in [6.45, 7) is 0.742. The number of hydrogen-bond donors (Lipinski definition) is 1. The second-order valence-electron chi connectivity index (χ2n) is 4.92. The number of carbonyl (C=O) groups excluding carboxylic acids is 2. The molecule has 126 valence electrons. The topological polar surface area (TPSA) is 64.6 Å². The van der Waals surface area contributed by atoms with Crippen molar-refractivity contribution in [1.82, 2.24) is 5.32 Å². The number of carbonyl (C=O) groups is 2. The van der Waals surface area contributed by atoms with E-state index < -0.39 is 6.09 Å². The lowest BCUT2D eigenvalue weighted by Gasteiger charge is -2.05. The molecule has 1 N–H and O–H groups in total. The summed E-state index contributed by atoms with van der Waals surface area (Å²) in [7, 11) is 1.36.